The Morgan fingerprint density at radius 3 is 2.41 bits per heavy atom. The summed E-state index contributed by atoms with van der Waals surface area (Å²) in [4.78, 5) is 40.0. The highest BCUT2D eigenvalue weighted by atomic mass is 35.5. The lowest BCUT2D eigenvalue weighted by molar-refractivity contribution is -0.130. The number of amides is 3. The van der Waals surface area contributed by atoms with E-state index in [4.69, 9.17) is 16.3 Å². The third kappa shape index (κ3) is 5.79. The van der Waals surface area contributed by atoms with Crippen LogP contribution in [0, 0.1) is 0 Å². The monoisotopic (exact) mass is 458 g/mol. The molecule has 0 saturated heterocycles. The zero-order valence-corrected chi connectivity index (χ0v) is 19.1. The second-order valence-electron chi connectivity index (χ2n) is 8.73. The van der Waals surface area contributed by atoms with Crippen molar-refractivity contribution in [1.29, 1.82) is 0 Å². The standard InChI is InChI=1S/C24H27ClN2O5/c1-24(2,3)32-23(31)27-15-17-6-4-5-7-19(17)20(27)14-21(28)26(22(29)30)13-12-16-8-10-18(25)11-9-16/h4-11,20H,12-15H2,1-3H3,(H,29,30). The summed E-state index contributed by atoms with van der Waals surface area (Å²) in [5.74, 6) is -0.568. The van der Waals surface area contributed by atoms with Crippen LogP contribution in [-0.4, -0.2) is 45.1 Å². The maximum Gasteiger partial charge on any atom is 0.414 e. The van der Waals surface area contributed by atoms with E-state index in [9.17, 15) is 19.5 Å². The van der Waals surface area contributed by atoms with Crippen molar-refractivity contribution < 1.29 is 24.2 Å². The Morgan fingerprint density at radius 2 is 1.78 bits per heavy atom. The molecular formula is C24H27ClN2O5. The molecule has 0 saturated carbocycles. The molecule has 1 heterocycles. The molecule has 0 spiro atoms. The summed E-state index contributed by atoms with van der Waals surface area (Å²) in [7, 11) is 0. The highest BCUT2D eigenvalue weighted by Gasteiger charge is 2.38. The SMILES string of the molecule is CC(C)(C)OC(=O)N1Cc2ccccc2C1CC(=O)N(CCc1ccc(Cl)cc1)C(=O)O. The first-order valence-electron chi connectivity index (χ1n) is 10.4. The van der Waals surface area contributed by atoms with Gasteiger partial charge in [-0.05, 0) is 56.0 Å². The quantitative estimate of drug-likeness (QED) is 0.659. The first-order valence-corrected chi connectivity index (χ1v) is 10.8. The lowest BCUT2D eigenvalue weighted by Gasteiger charge is -2.29. The number of imide groups is 1. The van der Waals surface area contributed by atoms with Crippen LogP contribution < -0.4 is 0 Å². The molecule has 2 aromatic carbocycles. The van der Waals surface area contributed by atoms with Crippen LogP contribution in [0.5, 0.6) is 0 Å². The molecule has 1 unspecified atom stereocenters. The van der Waals surface area contributed by atoms with Gasteiger partial charge in [0.2, 0.25) is 5.91 Å². The number of halogens is 1. The Hall–Kier alpha value is -3.06. The normalized spacial score (nSPS) is 15.2. The third-order valence-corrected chi connectivity index (χ3v) is 5.45. The van der Waals surface area contributed by atoms with Crippen LogP contribution in [0.3, 0.4) is 0 Å². The Morgan fingerprint density at radius 1 is 1.12 bits per heavy atom. The average Bonchev–Trinajstić information content (AvgIpc) is 3.07. The molecule has 0 bridgehead atoms. The summed E-state index contributed by atoms with van der Waals surface area (Å²) >= 11 is 5.89. The van der Waals surface area contributed by atoms with Crippen molar-refractivity contribution in [2.75, 3.05) is 6.54 Å². The van der Waals surface area contributed by atoms with E-state index < -0.39 is 29.7 Å². The van der Waals surface area contributed by atoms with Crippen molar-refractivity contribution >= 4 is 29.7 Å². The van der Waals surface area contributed by atoms with Gasteiger partial charge in [-0.3, -0.25) is 9.69 Å². The van der Waals surface area contributed by atoms with Crippen molar-refractivity contribution in [3.8, 4) is 0 Å². The van der Waals surface area contributed by atoms with E-state index >= 15 is 0 Å². The van der Waals surface area contributed by atoms with Gasteiger partial charge in [-0.25, -0.2) is 14.5 Å². The van der Waals surface area contributed by atoms with Crippen molar-refractivity contribution in [1.82, 2.24) is 9.80 Å². The maximum atomic E-state index is 13.0. The largest absolute Gasteiger partial charge is 0.465 e. The van der Waals surface area contributed by atoms with E-state index in [1.165, 1.54) is 4.90 Å². The highest BCUT2D eigenvalue weighted by Crippen LogP contribution is 2.37. The minimum Gasteiger partial charge on any atom is -0.465 e. The summed E-state index contributed by atoms with van der Waals surface area (Å²) in [6, 6.07) is 13.9. The lowest BCUT2D eigenvalue weighted by atomic mass is 10.0. The van der Waals surface area contributed by atoms with Crippen molar-refractivity contribution in [2.24, 2.45) is 0 Å². The minimum absolute atomic E-state index is 0.0105. The fraction of sp³-hybridized carbons (Fsp3) is 0.375. The molecule has 1 N–H and O–H groups in total. The Kier molecular flexibility index (Phi) is 7.09. The summed E-state index contributed by atoms with van der Waals surface area (Å²) in [6.45, 7) is 5.64. The van der Waals surface area contributed by atoms with Crippen LogP contribution in [0.15, 0.2) is 48.5 Å². The van der Waals surface area contributed by atoms with Crippen molar-refractivity contribution in [3.05, 3.63) is 70.2 Å². The molecule has 1 aliphatic rings. The van der Waals surface area contributed by atoms with Gasteiger partial charge in [0.1, 0.15) is 5.60 Å². The van der Waals surface area contributed by atoms with Crippen LogP contribution in [0.25, 0.3) is 0 Å². The first kappa shape index (κ1) is 23.6. The minimum atomic E-state index is -1.32. The molecular weight excluding hydrogens is 432 g/mol. The van der Waals surface area contributed by atoms with Gasteiger partial charge in [-0.15, -0.1) is 0 Å². The summed E-state index contributed by atoms with van der Waals surface area (Å²) in [5.41, 5.74) is 1.93. The molecule has 0 radical (unpaired) electrons. The number of hydrogen-bond acceptors (Lipinski definition) is 4. The average molecular weight is 459 g/mol. The summed E-state index contributed by atoms with van der Waals surface area (Å²) in [6.07, 6.45) is -1.64. The number of ether oxygens (including phenoxy) is 1. The number of carboxylic acid groups (broad SMARTS) is 1. The number of carbonyl (C=O) groups is 3. The highest BCUT2D eigenvalue weighted by molar-refractivity contribution is 6.30. The second-order valence-corrected chi connectivity index (χ2v) is 9.17. The maximum absolute atomic E-state index is 13.0. The molecule has 3 amide bonds. The number of benzene rings is 2. The van der Waals surface area contributed by atoms with Crippen LogP contribution >= 0.6 is 11.6 Å². The topological polar surface area (TPSA) is 87.2 Å². The first-order chi connectivity index (χ1) is 15.0. The van der Waals surface area contributed by atoms with E-state index in [0.29, 0.717) is 18.0 Å². The van der Waals surface area contributed by atoms with Gasteiger partial charge in [0.05, 0.1) is 12.5 Å². The van der Waals surface area contributed by atoms with Crippen molar-refractivity contribution in [2.45, 2.75) is 51.8 Å². The Labute approximate surface area is 192 Å². The van der Waals surface area contributed by atoms with Gasteiger partial charge in [-0.1, -0.05) is 48.0 Å². The van der Waals surface area contributed by atoms with Crippen LogP contribution in [0.1, 0.15) is 49.9 Å². The molecule has 0 aromatic heterocycles. The zero-order chi connectivity index (χ0) is 23.5. The second kappa shape index (κ2) is 9.61. The predicted molar refractivity (Wildman–Crippen MR) is 120 cm³/mol. The number of carbonyl (C=O) groups excluding carboxylic acids is 2. The van der Waals surface area contributed by atoms with Gasteiger partial charge >= 0.3 is 12.2 Å². The molecule has 0 fully saturated rings. The number of nitrogens with zero attached hydrogens (tertiary/aromatic N) is 2. The van der Waals surface area contributed by atoms with E-state index in [-0.39, 0.29) is 13.0 Å². The molecule has 1 atom stereocenters. The molecule has 32 heavy (non-hydrogen) atoms. The molecule has 7 nitrogen and oxygen atoms in total. The smallest absolute Gasteiger partial charge is 0.414 e. The van der Waals surface area contributed by atoms with Crippen LogP contribution in [-0.2, 0) is 22.5 Å². The predicted octanol–water partition coefficient (Wildman–Crippen LogP) is 5.27. The zero-order valence-electron chi connectivity index (χ0n) is 18.4. The van der Waals surface area contributed by atoms with Gasteiger partial charge in [0.25, 0.3) is 0 Å². The van der Waals surface area contributed by atoms with Gasteiger partial charge in [0.15, 0.2) is 0 Å². The Bertz CT molecular complexity index is 1000. The number of fused-ring (bicyclic) bond motifs is 1. The Balaban J connectivity index is 1.76. The van der Waals surface area contributed by atoms with Gasteiger partial charge in [-0.2, -0.15) is 0 Å². The molecule has 2 aromatic rings. The third-order valence-electron chi connectivity index (χ3n) is 5.20. The fourth-order valence-electron chi connectivity index (χ4n) is 3.69. The molecule has 1 aliphatic heterocycles. The lowest BCUT2D eigenvalue weighted by Crippen LogP contribution is -2.41. The van der Waals surface area contributed by atoms with Gasteiger partial charge < -0.3 is 9.84 Å². The number of rotatable bonds is 5. The van der Waals surface area contributed by atoms with E-state index in [1.54, 1.807) is 45.0 Å². The molecule has 3 rings (SSSR count). The van der Waals surface area contributed by atoms with E-state index in [0.717, 1.165) is 21.6 Å². The van der Waals surface area contributed by atoms with Gasteiger partial charge in [0, 0.05) is 18.1 Å². The fourth-order valence-corrected chi connectivity index (χ4v) is 3.82. The van der Waals surface area contributed by atoms with Crippen molar-refractivity contribution in [3.63, 3.8) is 0 Å². The molecule has 170 valence electrons. The number of hydrogen-bond donors (Lipinski definition) is 1. The summed E-state index contributed by atoms with van der Waals surface area (Å²) in [5, 5.41) is 10.2. The molecule has 0 aliphatic carbocycles. The molecule has 8 heteroatoms. The van der Waals surface area contributed by atoms with Crippen LogP contribution in [0.2, 0.25) is 5.02 Å². The summed E-state index contributed by atoms with van der Waals surface area (Å²) < 4.78 is 5.52. The van der Waals surface area contributed by atoms with E-state index in [2.05, 4.69) is 0 Å². The van der Waals surface area contributed by atoms with E-state index in [1.807, 2.05) is 24.3 Å². The van der Waals surface area contributed by atoms with Crippen LogP contribution in [0.4, 0.5) is 9.59 Å².